The number of ether oxygens (including phenoxy) is 2. The van der Waals surface area contributed by atoms with Crippen LogP contribution in [0.2, 0.25) is 0 Å². The summed E-state index contributed by atoms with van der Waals surface area (Å²) >= 11 is 6.08. The molecule has 22 heavy (non-hydrogen) atoms. The van der Waals surface area contributed by atoms with Crippen LogP contribution >= 0.6 is 11.6 Å². The summed E-state index contributed by atoms with van der Waals surface area (Å²) in [4.78, 5) is 12.4. The van der Waals surface area contributed by atoms with E-state index in [1.54, 1.807) is 0 Å². The average molecular weight is 337 g/mol. The van der Waals surface area contributed by atoms with Gasteiger partial charge in [0, 0.05) is 7.11 Å². The second kappa shape index (κ2) is 5.69. The number of hydrazine groups is 1. The molecule has 1 amide bonds. The molecule has 5 nitrogen and oxygen atoms in total. The van der Waals surface area contributed by atoms with Gasteiger partial charge in [0.15, 0.2) is 5.76 Å². The van der Waals surface area contributed by atoms with E-state index in [1.165, 1.54) is 32.6 Å². The number of anilines is 1. The lowest BCUT2D eigenvalue weighted by Gasteiger charge is -2.36. The first-order chi connectivity index (χ1) is 10.2. The van der Waals surface area contributed by atoms with Gasteiger partial charge >= 0.3 is 12.1 Å². The molecule has 1 unspecified atom stereocenters. The maximum atomic E-state index is 12.8. The van der Waals surface area contributed by atoms with Crippen molar-refractivity contribution in [3.63, 3.8) is 0 Å². The number of rotatable bonds is 3. The van der Waals surface area contributed by atoms with Crippen LogP contribution in [-0.2, 0) is 20.4 Å². The molecule has 1 aromatic carbocycles. The van der Waals surface area contributed by atoms with Gasteiger partial charge < -0.3 is 9.47 Å². The fraction of sp³-hybridized carbons (Fsp3) is 0.308. The van der Waals surface area contributed by atoms with Crippen molar-refractivity contribution < 1.29 is 27.4 Å². The van der Waals surface area contributed by atoms with Gasteiger partial charge in [-0.05, 0) is 18.2 Å². The van der Waals surface area contributed by atoms with Crippen LogP contribution in [0.25, 0.3) is 0 Å². The third kappa shape index (κ3) is 2.71. The zero-order valence-corrected chi connectivity index (χ0v) is 12.3. The largest absolute Gasteiger partial charge is 0.494 e. The van der Waals surface area contributed by atoms with Crippen LogP contribution in [0.1, 0.15) is 5.56 Å². The van der Waals surface area contributed by atoms with Gasteiger partial charge in [0.25, 0.3) is 5.06 Å². The summed E-state index contributed by atoms with van der Waals surface area (Å²) in [7, 11) is 2.48. The highest BCUT2D eigenvalue weighted by atomic mass is 35.5. The molecule has 0 radical (unpaired) electrons. The summed E-state index contributed by atoms with van der Waals surface area (Å²) < 4.78 is 48.2. The van der Waals surface area contributed by atoms with Crippen molar-refractivity contribution in [2.75, 3.05) is 19.2 Å². The average Bonchev–Trinajstić information content (AvgIpc) is 2.49. The van der Waals surface area contributed by atoms with E-state index < -0.39 is 22.7 Å². The SMILES string of the molecule is COC1=CNN(c2cccc(C(F)(F)F)c2)C(=O)C1(Cl)OC. The minimum absolute atomic E-state index is 0.00936. The lowest BCUT2D eigenvalue weighted by molar-refractivity contribution is -0.138. The molecule has 0 spiro atoms. The summed E-state index contributed by atoms with van der Waals surface area (Å²) in [6.07, 6.45) is -3.29. The maximum absolute atomic E-state index is 12.8. The number of hydrogen-bond acceptors (Lipinski definition) is 4. The first-order valence-electron chi connectivity index (χ1n) is 6.00. The molecule has 0 aliphatic carbocycles. The molecule has 0 fully saturated rings. The number of nitrogens with zero attached hydrogens (tertiary/aromatic N) is 1. The van der Waals surface area contributed by atoms with Gasteiger partial charge in [-0.3, -0.25) is 10.2 Å². The Hall–Kier alpha value is -1.93. The minimum atomic E-state index is -4.53. The number of hydrogen-bond donors (Lipinski definition) is 1. The van der Waals surface area contributed by atoms with E-state index in [4.69, 9.17) is 21.1 Å². The lowest BCUT2D eigenvalue weighted by atomic mass is 10.1. The number of benzene rings is 1. The van der Waals surface area contributed by atoms with Crippen molar-refractivity contribution in [1.29, 1.82) is 0 Å². The van der Waals surface area contributed by atoms with E-state index in [1.807, 2.05) is 0 Å². The fourth-order valence-corrected chi connectivity index (χ4v) is 2.13. The lowest BCUT2D eigenvalue weighted by Crippen LogP contribution is -2.56. The van der Waals surface area contributed by atoms with Crippen LogP contribution in [0.15, 0.2) is 36.2 Å². The minimum Gasteiger partial charge on any atom is -0.494 e. The van der Waals surface area contributed by atoms with Crippen molar-refractivity contribution >= 4 is 23.2 Å². The molecule has 120 valence electrons. The molecule has 0 bridgehead atoms. The molecule has 2 rings (SSSR count). The molecule has 9 heteroatoms. The molecular weight excluding hydrogens is 325 g/mol. The molecule has 0 saturated heterocycles. The highest BCUT2D eigenvalue weighted by molar-refractivity contribution is 6.37. The van der Waals surface area contributed by atoms with Gasteiger partial charge in [0.2, 0.25) is 0 Å². The highest BCUT2D eigenvalue weighted by Crippen LogP contribution is 2.35. The van der Waals surface area contributed by atoms with Crippen molar-refractivity contribution in [3.8, 4) is 0 Å². The summed E-state index contributed by atoms with van der Waals surface area (Å²) in [5, 5.41) is -1.09. The summed E-state index contributed by atoms with van der Waals surface area (Å²) in [5.74, 6) is -0.833. The zero-order chi connectivity index (χ0) is 16.5. The van der Waals surface area contributed by atoms with E-state index in [-0.39, 0.29) is 11.4 Å². The molecule has 0 saturated carbocycles. The number of carbonyl (C=O) groups is 1. The Labute approximate surface area is 129 Å². The third-order valence-electron chi connectivity index (χ3n) is 3.05. The van der Waals surface area contributed by atoms with Gasteiger partial charge in [-0.1, -0.05) is 17.7 Å². The van der Waals surface area contributed by atoms with Crippen LogP contribution < -0.4 is 10.4 Å². The van der Waals surface area contributed by atoms with E-state index in [0.717, 1.165) is 17.1 Å². The second-order valence-electron chi connectivity index (χ2n) is 4.33. The number of amides is 1. The first kappa shape index (κ1) is 16.4. The quantitative estimate of drug-likeness (QED) is 0.862. The summed E-state index contributed by atoms with van der Waals surface area (Å²) in [6, 6.07) is 4.24. The van der Waals surface area contributed by atoms with Crippen molar-refractivity contribution in [1.82, 2.24) is 5.43 Å². The van der Waals surface area contributed by atoms with E-state index in [0.29, 0.717) is 0 Å². The maximum Gasteiger partial charge on any atom is 0.416 e. The van der Waals surface area contributed by atoms with Crippen molar-refractivity contribution in [2.24, 2.45) is 0 Å². The Morgan fingerprint density at radius 2 is 2.00 bits per heavy atom. The van der Waals surface area contributed by atoms with Crippen molar-refractivity contribution in [3.05, 3.63) is 41.8 Å². The number of alkyl halides is 4. The number of halogens is 4. The normalized spacial score (nSPS) is 22.2. The monoisotopic (exact) mass is 336 g/mol. The standard InChI is InChI=1S/C13H12ClF3N2O3/c1-21-10-7-18-19(11(20)12(10,14)22-2)9-5-3-4-8(6-9)13(15,16)17/h3-7,18H,1-2H3. The summed E-state index contributed by atoms with van der Waals surface area (Å²) in [5.41, 5.74) is 1.60. The molecular formula is C13H12ClF3N2O3. The van der Waals surface area contributed by atoms with E-state index in [2.05, 4.69) is 5.43 Å². The Morgan fingerprint density at radius 1 is 1.32 bits per heavy atom. The van der Waals surface area contributed by atoms with Crippen LogP contribution in [0.3, 0.4) is 0 Å². The second-order valence-corrected chi connectivity index (χ2v) is 4.86. The molecule has 1 heterocycles. The molecule has 0 aromatic heterocycles. The Balaban J connectivity index is 2.43. The molecule has 1 aliphatic rings. The Morgan fingerprint density at radius 3 is 2.55 bits per heavy atom. The number of methoxy groups -OCH3 is 2. The molecule has 1 N–H and O–H groups in total. The molecule has 1 aromatic rings. The fourth-order valence-electron chi connectivity index (χ4n) is 1.92. The van der Waals surface area contributed by atoms with Gasteiger partial charge in [-0.25, -0.2) is 5.01 Å². The smallest absolute Gasteiger partial charge is 0.416 e. The predicted molar refractivity (Wildman–Crippen MR) is 72.8 cm³/mol. The third-order valence-corrected chi connectivity index (χ3v) is 3.55. The molecule has 1 atom stereocenters. The van der Waals surface area contributed by atoms with E-state index in [9.17, 15) is 18.0 Å². The topological polar surface area (TPSA) is 50.8 Å². The van der Waals surface area contributed by atoms with Crippen LogP contribution in [0.5, 0.6) is 0 Å². The van der Waals surface area contributed by atoms with Gasteiger partial charge in [-0.2, -0.15) is 13.2 Å². The predicted octanol–water partition coefficient (Wildman–Crippen LogP) is 2.63. The highest BCUT2D eigenvalue weighted by Gasteiger charge is 2.48. The number of nitrogens with one attached hydrogen (secondary N) is 1. The zero-order valence-electron chi connectivity index (χ0n) is 11.6. The van der Waals surface area contributed by atoms with E-state index >= 15 is 0 Å². The van der Waals surface area contributed by atoms with Gasteiger partial charge in [0.1, 0.15) is 0 Å². The molecule has 1 aliphatic heterocycles. The Kier molecular flexibility index (Phi) is 4.25. The van der Waals surface area contributed by atoms with Crippen LogP contribution in [0, 0.1) is 0 Å². The van der Waals surface area contributed by atoms with Gasteiger partial charge in [0.05, 0.1) is 24.6 Å². The van der Waals surface area contributed by atoms with Gasteiger partial charge in [-0.15, -0.1) is 0 Å². The van der Waals surface area contributed by atoms with Crippen LogP contribution in [-0.4, -0.2) is 25.2 Å². The Bertz CT molecular complexity index is 621. The summed E-state index contributed by atoms with van der Waals surface area (Å²) in [6.45, 7) is 0. The first-order valence-corrected chi connectivity index (χ1v) is 6.38. The van der Waals surface area contributed by atoms with Crippen molar-refractivity contribution in [2.45, 2.75) is 11.2 Å². The van der Waals surface area contributed by atoms with Crippen LogP contribution in [0.4, 0.5) is 18.9 Å². The number of carbonyl (C=O) groups excluding carboxylic acids is 1.